The molecule has 0 unspecified atom stereocenters. The van der Waals surface area contributed by atoms with Gasteiger partial charge in [-0.25, -0.2) is 8.42 Å². The second kappa shape index (κ2) is 7.29. The van der Waals surface area contributed by atoms with Crippen LogP contribution in [0.2, 0.25) is 0 Å². The third-order valence-electron chi connectivity index (χ3n) is 3.01. The highest BCUT2D eigenvalue weighted by Gasteiger charge is 2.32. The molecule has 0 bridgehead atoms. The van der Waals surface area contributed by atoms with Gasteiger partial charge in [-0.05, 0) is 41.9 Å². The van der Waals surface area contributed by atoms with Gasteiger partial charge in [-0.2, -0.15) is 0 Å². The van der Waals surface area contributed by atoms with E-state index in [1.54, 1.807) is 12.1 Å². The third kappa shape index (κ3) is 3.92. The molecule has 0 aliphatic carbocycles. The molecule has 0 saturated carbocycles. The van der Waals surface area contributed by atoms with Gasteiger partial charge in [-0.15, -0.1) is 0 Å². The molecule has 0 heterocycles. The fourth-order valence-corrected chi connectivity index (χ4v) is 4.02. The Balaban J connectivity index is 2.62. The van der Waals surface area contributed by atoms with Crippen LogP contribution in [-0.4, -0.2) is 25.1 Å². The zero-order valence-corrected chi connectivity index (χ0v) is 15.1. The Morgan fingerprint density at radius 2 is 1.75 bits per heavy atom. The average molecular weight is 434 g/mol. The molecule has 7 nitrogen and oxygen atoms in total. The molecule has 0 spiro atoms. The summed E-state index contributed by atoms with van der Waals surface area (Å²) in [5.41, 5.74) is -0.424. The summed E-state index contributed by atoms with van der Waals surface area (Å²) in [4.78, 5) is 21.1. The quantitative estimate of drug-likeness (QED) is 0.395. The van der Waals surface area contributed by atoms with Crippen LogP contribution in [0.5, 0.6) is 0 Å². The predicted octanol–water partition coefficient (Wildman–Crippen LogP) is 3.32. The molecule has 2 aromatic rings. The summed E-state index contributed by atoms with van der Waals surface area (Å²) >= 11 is 8.58. The highest BCUT2D eigenvalue weighted by molar-refractivity contribution is 9.10. The summed E-state index contributed by atoms with van der Waals surface area (Å²) in [5.74, 6) is 0. The topological polar surface area (TPSA) is 97.6 Å². The zero-order valence-electron chi connectivity index (χ0n) is 11.9. The zero-order chi connectivity index (χ0) is 17.9. The maximum atomic E-state index is 12.9. The minimum absolute atomic E-state index is 0.158. The lowest BCUT2D eigenvalue weighted by atomic mass is 10.3. The maximum Gasteiger partial charge on any atom is 0.289 e. The molecule has 0 fully saturated rings. The number of carbonyl (C=O) groups excluding carboxylic acids is 1. The first-order valence-electron chi connectivity index (χ1n) is 6.43. The molecule has 0 aliphatic rings. The summed E-state index contributed by atoms with van der Waals surface area (Å²) in [7, 11) is -4.37. The second-order valence-electron chi connectivity index (χ2n) is 4.57. The van der Waals surface area contributed by atoms with Gasteiger partial charge < -0.3 is 0 Å². The maximum absolute atomic E-state index is 12.9. The highest BCUT2D eigenvalue weighted by atomic mass is 79.9. The van der Waals surface area contributed by atoms with Crippen molar-refractivity contribution in [3.05, 3.63) is 63.1 Å². The minimum Gasteiger partial charge on any atom is -0.279 e. The Kier molecular flexibility index (Phi) is 5.58. The molecule has 0 aromatic heterocycles. The summed E-state index contributed by atoms with van der Waals surface area (Å²) in [5, 5.41) is 10.2. The van der Waals surface area contributed by atoms with E-state index < -0.39 is 37.3 Å². The lowest BCUT2D eigenvalue weighted by Gasteiger charge is -2.22. The summed E-state index contributed by atoms with van der Waals surface area (Å²) in [6.07, 6.45) is 0. The van der Waals surface area contributed by atoms with Crippen LogP contribution in [0, 0.1) is 10.1 Å². The van der Waals surface area contributed by atoms with Crippen LogP contribution in [0.4, 0.5) is 11.4 Å². The number of sulfonamides is 1. The van der Waals surface area contributed by atoms with Gasteiger partial charge in [-0.1, -0.05) is 28.1 Å². The molecule has 0 saturated heterocycles. The van der Waals surface area contributed by atoms with Crippen LogP contribution in [0.25, 0.3) is 0 Å². The fraction of sp³-hybridized carbons (Fsp3) is 0.0714. The van der Waals surface area contributed by atoms with E-state index in [0.717, 1.165) is 16.4 Å². The SMILES string of the molecule is O=C(Cl)CN(c1ccc(Br)cc1)S(=O)(=O)c1ccccc1[N+](=O)[O-]. The molecule has 0 aliphatic heterocycles. The largest absolute Gasteiger partial charge is 0.289 e. The highest BCUT2D eigenvalue weighted by Crippen LogP contribution is 2.30. The van der Waals surface area contributed by atoms with Gasteiger partial charge in [0.2, 0.25) is 5.24 Å². The Morgan fingerprint density at radius 1 is 1.17 bits per heavy atom. The predicted molar refractivity (Wildman–Crippen MR) is 92.6 cm³/mol. The van der Waals surface area contributed by atoms with Crippen molar-refractivity contribution in [1.82, 2.24) is 0 Å². The third-order valence-corrected chi connectivity index (χ3v) is 5.48. The van der Waals surface area contributed by atoms with Crippen LogP contribution in [0.3, 0.4) is 0 Å². The molecular formula is C14H10BrClN2O5S. The van der Waals surface area contributed by atoms with Crippen LogP contribution in [-0.2, 0) is 14.8 Å². The van der Waals surface area contributed by atoms with Crippen molar-refractivity contribution < 1.29 is 18.1 Å². The van der Waals surface area contributed by atoms with Crippen molar-refractivity contribution in [3.63, 3.8) is 0 Å². The van der Waals surface area contributed by atoms with Gasteiger partial charge >= 0.3 is 0 Å². The van der Waals surface area contributed by atoms with Gasteiger partial charge in [0.05, 0.1) is 10.6 Å². The van der Waals surface area contributed by atoms with Crippen molar-refractivity contribution in [2.45, 2.75) is 4.90 Å². The monoisotopic (exact) mass is 432 g/mol. The number of carbonyl (C=O) groups is 1. The molecule has 24 heavy (non-hydrogen) atoms. The lowest BCUT2D eigenvalue weighted by Crippen LogP contribution is -2.34. The van der Waals surface area contributed by atoms with Crippen molar-refractivity contribution in [3.8, 4) is 0 Å². The van der Waals surface area contributed by atoms with Crippen molar-refractivity contribution in [2.24, 2.45) is 0 Å². The molecule has 0 amide bonds. The Morgan fingerprint density at radius 3 is 2.29 bits per heavy atom. The van der Waals surface area contributed by atoms with E-state index in [1.807, 2.05) is 0 Å². The van der Waals surface area contributed by atoms with Crippen molar-refractivity contribution >= 4 is 54.2 Å². The summed E-state index contributed by atoms with van der Waals surface area (Å²) in [6.45, 7) is -0.655. The molecule has 10 heteroatoms. The molecule has 0 atom stereocenters. The van der Waals surface area contributed by atoms with Gasteiger partial charge in [-0.3, -0.25) is 19.2 Å². The number of hydrogen-bond acceptors (Lipinski definition) is 5. The van der Waals surface area contributed by atoms with Gasteiger partial charge in [0.1, 0.15) is 6.54 Å². The normalized spacial score (nSPS) is 11.1. The number of anilines is 1. The van der Waals surface area contributed by atoms with Crippen molar-refractivity contribution in [1.29, 1.82) is 0 Å². The van der Waals surface area contributed by atoms with Gasteiger partial charge in [0.25, 0.3) is 15.7 Å². The van der Waals surface area contributed by atoms with E-state index in [9.17, 15) is 23.3 Å². The number of benzene rings is 2. The molecule has 0 N–H and O–H groups in total. The standard InChI is InChI=1S/C14H10BrClN2O5S/c15-10-5-7-11(8-6-10)17(9-14(16)19)24(22,23)13-4-2-1-3-12(13)18(20)21/h1-8H,9H2. The minimum atomic E-state index is -4.37. The fourth-order valence-electron chi connectivity index (χ4n) is 1.98. The van der Waals surface area contributed by atoms with E-state index in [1.165, 1.54) is 24.3 Å². The number of nitro benzene ring substituents is 1. The van der Waals surface area contributed by atoms with E-state index in [2.05, 4.69) is 15.9 Å². The second-order valence-corrected chi connectivity index (χ2v) is 7.74. The number of hydrogen-bond donors (Lipinski definition) is 0. The van der Waals surface area contributed by atoms with E-state index in [0.29, 0.717) is 4.47 Å². The molecule has 126 valence electrons. The molecule has 0 radical (unpaired) electrons. The first-order chi connectivity index (χ1) is 11.2. The van der Waals surface area contributed by atoms with Crippen LogP contribution in [0.1, 0.15) is 0 Å². The number of rotatable bonds is 6. The Labute approximate surface area is 151 Å². The molecule has 2 rings (SSSR count). The molecule has 2 aromatic carbocycles. The smallest absolute Gasteiger partial charge is 0.279 e. The number of nitrogens with zero attached hydrogens (tertiary/aromatic N) is 2. The van der Waals surface area contributed by atoms with Crippen LogP contribution < -0.4 is 4.31 Å². The van der Waals surface area contributed by atoms with Gasteiger partial charge in [0.15, 0.2) is 4.90 Å². The lowest BCUT2D eigenvalue weighted by molar-refractivity contribution is -0.387. The van der Waals surface area contributed by atoms with Crippen molar-refractivity contribution in [2.75, 3.05) is 10.8 Å². The Hall–Kier alpha value is -1.97. The van der Waals surface area contributed by atoms with Crippen LogP contribution in [0.15, 0.2) is 57.9 Å². The average Bonchev–Trinajstić information content (AvgIpc) is 2.53. The molecular weight excluding hydrogens is 424 g/mol. The number of para-hydroxylation sites is 1. The number of nitro groups is 1. The van der Waals surface area contributed by atoms with Gasteiger partial charge in [0, 0.05) is 10.5 Å². The summed E-state index contributed by atoms with van der Waals surface area (Å²) in [6, 6.07) is 11.0. The first-order valence-corrected chi connectivity index (χ1v) is 9.04. The first kappa shape index (κ1) is 18.4. The van der Waals surface area contributed by atoms with E-state index in [4.69, 9.17) is 11.6 Å². The number of halogens is 2. The van der Waals surface area contributed by atoms with E-state index in [-0.39, 0.29) is 5.69 Å². The summed E-state index contributed by atoms with van der Waals surface area (Å²) < 4.78 is 27.2. The van der Waals surface area contributed by atoms with E-state index >= 15 is 0 Å². The Bertz CT molecular complexity index is 886. The van der Waals surface area contributed by atoms with Crippen LogP contribution >= 0.6 is 27.5 Å².